The van der Waals surface area contributed by atoms with E-state index >= 15 is 0 Å². The third-order valence-electron chi connectivity index (χ3n) is 4.24. The smallest absolute Gasteiger partial charge is 0.324 e. The molecule has 1 aliphatic carbocycles. The zero-order valence-electron chi connectivity index (χ0n) is 16.0. The Morgan fingerprint density at radius 2 is 1.69 bits per heavy atom. The van der Waals surface area contributed by atoms with E-state index in [1.54, 1.807) is 13.8 Å². The van der Waals surface area contributed by atoms with Crippen molar-refractivity contribution in [3.05, 3.63) is 11.1 Å². The van der Waals surface area contributed by atoms with Crippen LogP contribution in [0, 0.1) is 29.6 Å². The molecule has 5 nitrogen and oxygen atoms in total. The number of terminal acetylenes is 1. The number of carbonyl (C=O) groups excluding carboxylic acids is 2. The van der Waals surface area contributed by atoms with E-state index < -0.39 is 17.4 Å². The second kappa shape index (κ2) is 11.4. The molecule has 1 aliphatic rings. The minimum absolute atomic E-state index is 0.0344. The van der Waals surface area contributed by atoms with E-state index in [-0.39, 0.29) is 32.8 Å². The minimum atomic E-state index is -1.41. The first-order chi connectivity index (χ1) is 12.5. The zero-order valence-corrected chi connectivity index (χ0v) is 16.0. The molecule has 0 atom stereocenters. The maximum atomic E-state index is 12.7. The molecule has 0 bridgehead atoms. The van der Waals surface area contributed by atoms with E-state index in [1.807, 2.05) is 6.92 Å². The van der Waals surface area contributed by atoms with Gasteiger partial charge >= 0.3 is 11.9 Å². The molecule has 0 spiro atoms. The topological polar surface area (TPSA) is 61.8 Å². The fourth-order valence-corrected chi connectivity index (χ4v) is 2.55. The summed E-state index contributed by atoms with van der Waals surface area (Å²) in [5.74, 6) is 6.86. The molecule has 5 heteroatoms. The first-order valence-electron chi connectivity index (χ1n) is 9.00. The van der Waals surface area contributed by atoms with Crippen LogP contribution in [0.2, 0.25) is 0 Å². The molecule has 0 aromatic carbocycles. The molecule has 0 heterocycles. The Labute approximate surface area is 156 Å². The van der Waals surface area contributed by atoms with E-state index in [1.165, 1.54) is 11.1 Å². The third kappa shape index (κ3) is 6.58. The lowest BCUT2D eigenvalue weighted by Gasteiger charge is -2.27. The van der Waals surface area contributed by atoms with Gasteiger partial charge in [0.1, 0.15) is 13.2 Å². The molecular formula is C21H28O5. The lowest BCUT2D eigenvalue weighted by atomic mass is 9.79. The SMILES string of the molecule is C#CCOCC#CCC(CCC(C)=C1CC1)(C(=O)OCC)C(=O)OCC. The van der Waals surface area contributed by atoms with Gasteiger partial charge in [0.05, 0.1) is 13.2 Å². The average molecular weight is 360 g/mol. The summed E-state index contributed by atoms with van der Waals surface area (Å²) in [4.78, 5) is 25.4. The van der Waals surface area contributed by atoms with E-state index in [0.717, 1.165) is 12.8 Å². The summed E-state index contributed by atoms with van der Waals surface area (Å²) in [6.07, 6.45) is 8.30. The van der Waals surface area contributed by atoms with Gasteiger partial charge in [0.15, 0.2) is 5.41 Å². The maximum absolute atomic E-state index is 12.7. The molecule has 26 heavy (non-hydrogen) atoms. The molecule has 1 rings (SSSR count). The predicted molar refractivity (Wildman–Crippen MR) is 98.9 cm³/mol. The highest BCUT2D eigenvalue weighted by atomic mass is 16.6. The summed E-state index contributed by atoms with van der Waals surface area (Å²) < 4.78 is 15.5. The van der Waals surface area contributed by atoms with Crippen LogP contribution in [-0.4, -0.2) is 38.4 Å². The van der Waals surface area contributed by atoms with Crippen molar-refractivity contribution < 1.29 is 23.8 Å². The highest BCUT2D eigenvalue weighted by Gasteiger charge is 2.48. The van der Waals surface area contributed by atoms with Crippen LogP contribution in [0.15, 0.2) is 11.1 Å². The van der Waals surface area contributed by atoms with Crippen LogP contribution < -0.4 is 0 Å². The number of carbonyl (C=O) groups is 2. The fraction of sp³-hybridized carbons (Fsp3) is 0.619. The minimum Gasteiger partial charge on any atom is -0.465 e. The van der Waals surface area contributed by atoms with Gasteiger partial charge in [-0.2, -0.15) is 0 Å². The Kier molecular flexibility index (Phi) is 9.55. The van der Waals surface area contributed by atoms with Gasteiger partial charge in [-0.25, -0.2) is 0 Å². The van der Waals surface area contributed by atoms with E-state index in [4.69, 9.17) is 20.6 Å². The van der Waals surface area contributed by atoms with Gasteiger partial charge in [0, 0.05) is 6.42 Å². The maximum Gasteiger partial charge on any atom is 0.324 e. The fourth-order valence-electron chi connectivity index (χ4n) is 2.55. The number of ether oxygens (including phenoxy) is 3. The predicted octanol–water partition coefficient (Wildman–Crippen LogP) is 3.03. The molecule has 1 saturated carbocycles. The Morgan fingerprint density at radius 3 is 2.19 bits per heavy atom. The quantitative estimate of drug-likeness (QED) is 0.197. The summed E-state index contributed by atoms with van der Waals surface area (Å²) in [5, 5.41) is 0. The molecule has 0 saturated heterocycles. The molecule has 0 aromatic rings. The van der Waals surface area contributed by atoms with Gasteiger partial charge in [0.25, 0.3) is 0 Å². The van der Waals surface area contributed by atoms with Crippen LogP contribution in [0.25, 0.3) is 0 Å². The molecule has 0 aromatic heterocycles. The van der Waals surface area contributed by atoms with Gasteiger partial charge in [0.2, 0.25) is 0 Å². The number of allylic oxidation sites excluding steroid dienone is 2. The highest BCUT2D eigenvalue weighted by molar-refractivity contribution is 6.00. The summed E-state index contributed by atoms with van der Waals surface area (Å²) in [6.45, 7) is 6.17. The first kappa shape index (κ1) is 21.8. The van der Waals surface area contributed by atoms with Crippen molar-refractivity contribution in [3.63, 3.8) is 0 Å². The van der Waals surface area contributed by atoms with Gasteiger partial charge in [-0.3, -0.25) is 9.59 Å². The van der Waals surface area contributed by atoms with Crippen molar-refractivity contribution in [2.45, 2.75) is 52.9 Å². The molecule has 0 unspecified atom stereocenters. The van der Waals surface area contributed by atoms with E-state index in [0.29, 0.717) is 12.8 Å². The van der Waals surface area contributed by atoms with Crippen LogP contribution in [0.3, 0.4) is 0 Å². The summed E-state index contributed by atoms with van der Waals surface area (Å²) in [5.41, 5.74) is 1.22. The van der Waals surface area contributed by atoms with E-state index in [2.05, 4.69) is 17.8 Å². The van der Waals surface area contributed by atoms with Crippen LogP contribution in [-0.2, 0) is 23.8 Å². The molecule has 0 amide bonds. The molecule has 0 aliphatic heterocycles. The summed E-state index contributed by atoms with van der Waals surface area (Å²) in [6, 6.07) is 0. The van der Waals surface area contributed by atoms with Crippen molar-refractivity contribution in [1.82, 2.24) is 0 Å². The summed E-state index contributed by atoms with van der Waals surface area (Å²) in [7, 11) is 0. The molecule has 0 radical (unpaired) electrons. The van der Waals surface area contributed by atoms with Crippen molar-refractivity contribution in [1.29, 1.82) is 0 Å². The second-order valence-electron chi connectivity index (χ2n) is 6.13. The monoisotopic (exact) mass is 360 g/mol. The van der Waals surface area contributed by atoms with Crippen LogP contribution in [0.5, 0.6) is 0 Å². The van der Waals surface area contributed by atoms with Gasteiger partial charge in [-0.1, -0.05) is 28.9 Å². The van der Waals surface area contributed by atoms with Crippen molar-refractivity contribution >= 4 is 11.9 Å². The Balaban J connectivity index is 2.98. The lowest BCUT2D eigenvalue weighted by molar-refractivity contribution is -0.172. The van der Waals surface area contributed by atoms with Crippen molar-refractivity contribution in [2.75, 3.05) is 26.4 Å². The van der Waals surface area contributed by atoms with Gasteiger partial charge < -0.3 is 14.2 Å². The van der Waals surface area contributed by atoms with E-state index in [9.17, 15) is 9.59 Å². The van der Waals surface area contributed by atoms with Crippen LogP contribution in [0.4, 0.5) is 0 Å². The average Bonchev–Trinajstić information content (AvgIpc) is 3.46. The molecule has 1 fully saturated rings. The van der Waals surface area contributed by atoms with Crippen LogP contribution in [0.1, 0.15) is 52.9 Å². The standard InChI is InChI=1S/C21H28O5/c1-5-15-24-16-9-8-13-21(19(22)25-6-2,20(23)26-7-3)14-12-17(4)18-10-11-18/h1H,6-7,10-16H2,2-4H3. The zero-order chi connectivity index (χ0) is 19.4. The molecule has 142 valence electrons. The molecule has 0 N–H and O–H groups in total. The van der Waals surface area contributed by atoms with Crippen molar-refractivity contribution in [3.8, 4) is 24.2 Å². The van der Waals surface area contributed by atoms with Crippen molar-refractivity contribution in [2.24, 2.45) is 5.41 Å². The van der Waals surface area contributed by atoms with Crippen LogP contribution >= 0.6 is 0 Å². The normalized spacial score (nSPS) is 12.5. The first-order valence-corrected chi connectivity index (χ1v) is 9.00. The lowest BCUT2D eigenvalue weighted by Crippen LogP contribution is -2.42. The van der Waals surface area contributed by atoms with Gasteiger partial charge in [-0.05, 0) is 46.5 Å². The third-order valence-corrected chi connectivity index (χ3v) is 4.24. The number of esters is 2. The number of rotatable bonds is 10. The Hall–Kier alpha value is -2.24. The second-order valence-corrected chi connectivity index (χ2v) is 6.13. The Morgan fingerprint density at radius 1 is 1.08 bits per heavy atom. The summed E-state index contributed by atoms with van der Waals surface area (Å²) >= 11 is 0. The molecular weight excluding hydrogens is 332 g/mol. The highest BCUT2D eigenvalue weighted by Crippen LogP contribution is 2.38. The largest absolute Gasteiger partial charge is 0.465 e. The Bertz CT molecular complexity index is 603. The number of hydrogen-bond donors (Lipinski definition) is 0. The number of hydrogen-bond acceptors (Lipinski definition) is 5. The van der Waals surface area contributed by atoms with Gasteiger partial charge in [-0.15, -0.1) is 6.42 Å².